The summed E-state index contributed by atoms with van der Waals surface area (Å²) in [6, 6.07) is 4.74. The van der Waals surface area contributed by atoms with Crippen LogP contribution in [0.2, 0.25) is 5.02 Å². The maximum absolute atomic E-state index is 11.0. The minimum atomic E-state index is -0.341. The third kappa shape index (κ3) is 3.30. The fraction of sp³-hybridized carbons (Fsp3) is 0.600. The van der Waals surface area contributed by atoms with Crippen molar-refractivity contribution in [2.24, 2.45) is 17.8 Å². The van der Waals surface area contributed by atoms with Gasteiger partial charge in [0.2, 0.25) is 0 Å². The van der Waals surface area contributed by atoms with Crippen molar-refractivity contribution in [2.45, 2.75) is 32.2 Å². The van der Waals surface area contributed by atoms with Crippen LogP contribution in [-0.2, 0) is 6.54 Å². The summed E-state index contributed by atoms with van der Waals surface area (Å²) in [5.74, 6) is 2.56. The molecule has 1 N–H and O–H groups in total. The van der Waals surface area contributed by atoms with Crippen LogP contribution in [0.5, 0.6) is 0 Å². The van der Waals surface area contributed by atoms with E-state index < -0.39 is 0 Å². The van der Waals surface area contributed by atoms with Crippen LogP contribution in [0.1, 0.15) is 31.2 Å². The Bertz CT molecular complexity index is 501. The molecule has 3 rings (SSSR count). The summed E-state index contributed by atoms with van der Waals surface area (Å²) < 4.78 is 0. The average molecular weight is 295 g/mol. The Labute approximate surface area is 123 Å². The van der Waals surface area contributed by atoms with Gasteiger partial charge in [-0.3, -0.25) is 10.1 Å². The van der Waals surface area contributed by atoms with E-state index in [4.69, 9.17) is 11.6 Å². The van der Waals surface area contributed by atoms with E-state index in [0.29, 0.717) is 17.1 Å². The molecule has 20 heavy (non-hydrogen) atoms. The molecule has 0 atom stereocenters. The van der Waals surface area contributed by atoms with Gasteiger partial charge in [-0.15, -0.1) is 0 Å². The van der Waals surface area contributed by atoms with Crippen LogP contribution in [0.3, 0.4) is 0 Å². The molecule has 1 aromatic rings. The van der Waals surface area contributed by atoms with Crippen molar-refractivity contribution in [2.75, 3.05) is 6.54 Å². The van der Waals surface area contributed by atoms with Gasteiger partial charge >= 0.3 is 0 Å². The van der Waals surface area contributed by atoms with Crippen LogP contribution in [-0.4, -0.2) is 11.5 Å². The topological polar surface area (TPSA) is 55.2 Å². The van der Waals surface area contributed by atoms with Gasteiger partial charge < -0.3 is 5.32 Å². The van der Waals surface area contributed by atoms with Crippen molar-refractivity contribution in [1.82, 2.24) is 5.32 Å². The number of hydrogen-bond acceptors (Lipinski definition) is 3. The number of rotatable bonds is 7. The Morgan fingerprint density at radius 2 is 1.95 bits per heavy atom. The highest BCUT2D eigenvalue weighted by Gasteiger charge is 2.40. The van der Waals surface area contributed by atoms with Gasteiger partial charge in [-0.25, -0.2) is 0 Å². The lowest BCUT2D eigenvalue weighted by atomic mass is 9.98. The monoisotopic (exact) mass is 294 g/mol. The highest BCUT2D eigenvalue weighted by Crippen LogP contribution is 2.48. The van der Waals surface area contributed by atoms with Crippen LogP contribution in [0.4, 0.5) is 5.69 Å². The van der Waals surface area contributed by atoms with Gasteiger partial charge in [-0.2, -0.15) is 0 Å². The molecule has 0 spiro atoms. The number of nitrogens with zero attached hydrogens (tertiary/aromatic N) is 1. The Balaban J connectivity index is 1.59. The van der Waals surface area contributed by atoms with Gasteiger partial charge in [-0.05, 0) is 62.1 Å². The molecule has 2 aliphatic carbocycles. The van der Waals surface area contributed by atoms with Crippen molar-refractivity contribution >= 4 is 17.3 Å². The molecule has 2 saturated carbocycles. The molecule has 2 aliphatic rings. The molecule has 0 aliphatic heterocycles. The van der Waals surface area contributed by atoms with Gasteiger partial charge in [0.25, 0.3) is 5.69 Å². The lowest BCUT2D eigenvalue weighted by Crippen LogP contribution is -2.25. The molecule has 0 unspecified atom stereocenters. The van der Waals surface area contributed by atoms with Gasteiger partial charge in [0.05, 0.1) is 4.92 Å². The molecule has 0 heterocycles. The minimum Gasteiger partial charge on any atom is -0.312 e. The van der Waals surface area contributed by atoms with E-state index in [1.807, 2.05) is 0 Å². The smallest absolute Gasteiger partial charge is 0.273 e. The third-order valence-corrected chi connectivity index (χ3v) is 4.62. The second-order valence-electron chi connectivity index (χ2n) is 6.00. The molecule has 0 radical (unpaired) electrons. The number of halogens is 1. The predicted octanol–water partition coefficient (Wildman–Crippen LogP) is 3.77. The Kier molecular flexibility index (Phi) is 3.94. The van der Waals surface area contributed by atoms with Gasteiger partial charge in [0.15, 0.2) is 0 Å². The maximum atomic E-state index is 11.0. The fourth-order valence-corrected chi connectivity index (χ4v) is 3.21. The molecular weight excluding hydrogens is 276 g/mol. The maximum Gasteiger partial charge on any atom is 0.273 e. The van der Waals surface area contributed by atoms with Gasteiger partial charge in [-0.1, -0.05) is 11.6 Å². The summed E-state index contributed by atoms with van der Waals surface area (Å²) >= 11 is 5.93. The number of benzene rings is 1. The van der Waals surface area contributed by atoms with Crippen molar-refractivity contribution < 1.29 is 4.92 Å². The molecule has 0 aromatic heterocycles. The largest absolute Gasteiger partial charge is 0.312 e. The zero-order chi connectivity index (χ0) is 14.1. The number of nitro benzene ring substituents is 1. The van der Waals surface area contributed by atoms with Crippen molar-refractivity contribution in [3.05, 3.63) is 38.9 Å². The third-order valence-electron chi connectivity index (χ3n) is 4.39. The van der Waals surface area contributed by atoms with E-state index in [1.54, 1.807) is 12.1 Å². The summed E-state index contributed by atoms with van der Waals surface area (Å²) in [6.07, 6.45) is 5.45. The second kappa shape index (κ2) is 5.70. The van der Waals surface area contributed by atoms with Crippen molar-refractivity contribution in [3.8, 4) is 0 Å². The van der Waals surface area contributed by atoms with Crippen LogP contribution in [0.15, 0.2) is 18.2 Å². The van der Waals surface area contributed by atoms with Crippen LogP contribution in [0, 0.1) is 27.9 Å². The van der Waals surface area contributed by atoms with Crippen LogP contribution < -0.4 is 5.32 Å². The number of nitrogens with one attached hydrogen (secondary N) is 1. The van der Waals surface area contributed by atoms with E-state index in [0.717, 1.165) is 24.3 Å². The molecule has 0 bridgehead atoms. The summed E-state index contributed by atoms with van der Waals surface area (Å²) in [6.45, 7) is 1.49. The lowest BCUT2D eigenvalue weighted by Gasteiger charge is -2.16. The molecule has 5 heteroatoms. The standard InChI is InChI=1S/C15H19ClN2O2/c16-13-5-6-15(18(19)20)12(7-13)8-17-9-14(10-1-2-10)11-3-4-11/h5-7,10-11,14,17H,1-4,8-9H2. The molecule has 0 saturated heterocycles. The van der Waals surface area contributed by atoms with Crippen molar-refractivity contribution in [1.29, 1.82) is 0 Å². The normalized spacial score (nSPS) is 18.5. The zero-order valence-electron chi connectivity index (χ0n) is 11.3. The summed E-state index contributed by atoms with van der Waals surface area (Å²) in [5.41, 5.74) is 0.823. The molecule has 108 valence electrons. The Morgan fingerprint density at radius 3 is 2.50 bits per heavy atom. The molecule has 0 amide bonds. The summed E-state index contributed by atoms with van der Waals surface area (Å²) in [7, 11) is 0. The van der Waals surface area contributed by atoms with E-state index >= 15 is 0 Å². The highest BCUT2D eigenvalue weighted by atomic mass is 35.5. The van der Waals surface area contributed by atoms with E-state index in [9.17, 15) is 10.1 Å². The molecule has 1 aromatic carbocycles. The van der Waals surface area contributed by atoms with Crippen molar-refractivity contribution in [3.63, 3.8) is 0 Å². The van der Waals surface area contributed by atoms with E-state index in [2.05, 4.69) is 5.32 Å². The SMILES string of the molecule is O=[N+]([O-])c1ccc(Cl)cc1CNCC(C1CC1)C1CC1. The first-order valence-corrected chi connectivity index (χ1v) is 7.66. The summed E-state index contributed by atoms with van der Waals surface area (Å²) in [5, 5.41) is 15.0. The molecular formula is C15H19ClN2O2. The first-order chi connectivity index (χ1) is 9.65. The Hall–Kier alpha value is -1.13. The first kappa shape index (κ1) is 13.8. The predicted molar refractivity (Wildman–Crippen MR) is 78.8 cm³/mol. The lowest BCUT2D eigenvalue weighted by molar-refractivity contribution is -0.385. The number of nitro groups is 1. The first-order valence-electron chi connectivity index (χ1n) is 7.28. The van der Waals surface area contributed by atoms with Gasteiger partial charge in [0.1, 0.15) is 0 Å². The van der Waals surface area contributed by atoms with Crippen LogP contribution in [0.25, 0.3) is 0 Å². The molecule has 2 fully saturated rings. The zero-order valence-corrected chi connectivity index (χ0v) is 12.1. The quantitative estimate of drug-likeness (QED) is 0.615. The summed E-state index contributed by atoms with van der Waals surface area (Å²) in [4.78, 5) is 10.7. The van der Waals surface area contributed by atoms with Crippen LogP contribution >= 0.6 is 11.6 Å². The minimum absolute atomic E-state index is 0.149. The van der Waals surface area contributed by atoms with E-state index in [-0.39, 0.29) is 10.6 Å². The van der Waals surface area contributed by atoms with Gasteiger partial charge in [0, 0.05) is 23.2 Å². The second-order valence-corrected chi connectivity index (χ2v) is 6.44. The number of hydrogen-bond donors (Lipinski definition) is 1. The fourth-order valence-electron chi connectivity index (χ4n) is 3.01. The highest BCUT2D eigenvalue weighted by molar-refractivity contribution is 6.30. The molecule has 4 nitrogen and oxygen atoms in total. The Morgan fingerprint density at radius 1 is 1.30 bits per heavy atom. The van der Waals surface area contributed by atoms with E-state index in [1.165, 1.54) is 31.7 Å². The average Bonchev–Trinajstić information content (AvgIpc) is 3.27.